The summed E-state index contributed by atoms with van der Waals surface area (Å²) in [5.74, 6) is 1.20. The van der Waals surface area contributed by atoms with E-state index in [0.29, 0.717) is 0 Å². The monoisotopic (exact) mass is 205 g/mol. The van der Waals surface area contributed by atoms with Crippen molar-refractivity contribution in [2.75, 3.05) is 17.7 Å². The van der Waals surface area contributed by atoms with Crippen LogP contribution < -0.4 is 0 Å². The van der Waals surface area contributed by atoms with E-state index in [4.69, 9.17) is 0 Å². The molecule has 0 spiro atoms. The lowest BCUT2D eigenvalue weighted by Gasteiger charge is -2.13. The van der Waals surface area contributed by atoms with E-state index in [1.54, 1.807) is 0 Å². The van der Waals surface area contributed by atoms with Crippen LogP contribution in [-0.4, -0.2) is 30.1 Å². The number of hydrogen-bond acceptors (Lipinski definition) is 3. The van der Waals surface area contributed by atoms with Crippen molar-refractivity contribution in [3.05, 3.63) is 0 Å². The molecule has 0 aromatic rings. The number of rotatable bonds is 2. The lowest BCUT2D eigenvalue weighted by Crippen LogP contribution is -2.24. The van der Waals surface area contributed by atoms with Gasteiger partial charge in [-0.05, 0) is 5.38 Å². The van der Waals surface area contributed by atoms with Gasteiger partial charge < -0.3 is 0 Å². The lowest BCUT2D eigenvalue weighted by atomic mass is 10.8. The topological polar surface area (TPSA) is 12.4 Å². The Kier molecular flexibility index (Phi) is 3.52. The molecule has 11 heavy (non-hydrogen) atoms. The van der Waals surface area contributed by atoms with Crippen LogP contribution in [0, 0.1) is 0 Å². The minimum absolute atomic E-state index is 0.856. The molecule has 1 rings (SSSR count). The second-order valence-electron chi connectivity index (χ2n) is 3.85. The van der Waals surface area contributed by atoms with Gasteiger partial charge in [0.1, 0.15) is 4.38 Å². The number of nitrogens with zero attached hydrogens (tertiary/aromatic N) is 1. The van der Waals surface area contributed by atoms with Gasteiger partial charge in [0.2, 0.25) is 0 Å². The molecule has 4 heteroatoms. The summed E-state index contributed by atoms with van der Waals surface area (Å²) in [5, 5.41) is 1.32. The first-order valence-electron chi connectivity index (χ1n) is 3.88. The largest absolute Gasteiger partial charge is 0.271 e. The highest BCUT2D eigenvalue weighted by atomic mass is 32.2. The van der Waals surface area contributed by atoms with Gasteiger partial charge in [0.05, 0.1) is 14.6 Å². The van der Waals surface area contributed by atoms with E-state index in [9.17, 15) is 0 Å². The fourth-order valence-electron chi connectivity index (χ4n) is 0.681. The highest BCUT2D eigenvalue weighted by Gasteiger charge is 2.16. The molecule has 0 aliphatic carbocycles. The van der Waals surface area contributed by atoms with E-state index in [1.165, 1.54) is 15.5 Å². The van der Waals surface area contributed by atoms with Crippen molar-refractivity contribution in [3.8, 4) is 0 Å². The Morgan fingerprint density at radius 1 is 1.55 bits per heavy atom. The molecule has 0 amide bonds. The first kappa shape index (κ1) is 9.67. The van der Waals surface area contributed by atoms with Crippen LogP contribution in [0.2, 0.25) is 19.6 Å². The highest BCUT2D eigenvalue weighted by molar-refractivity contribution is 8.39. The molecule has 0 saturated heterocycles. The SMILES string of the molecule is C[Si](C)(C)CSC1=NCCS1. The maximum atomic E-state index is 4.40. The average molecular weight is 205 g/mol. The van der Waals surface area contributed by atoms with E-state index in [0.717, 1.165) is 6.54 Å². The Bertz CT molecular complexity index is 162. The van der Waals surface area contributed by atoms with Crippen molar-refractivity contribution in [2.45, 2.75) is 19.6 Å². The molecule has 0 N–H and O–H groups in total. The number of thioether (sulfide) groups is 2. The van der Waals surface area contributed by atoms with Gasteiger partial charge >= 0.3 is 0 Å². The van der Waals surface area contributed by atoms with Gasteiger partial charge in [-0.2, -0.15) is 0 Å². The minimum Gasteiger partial charge on any atom is -0.271 e. The summed E-state index contributed by atoms with van der Waals surface area (Å²) in [4.78, 5) is 4.40. The second-order valence-corrected chi connectivity index (χ2v) is 12.1. The molecular weight excluding hydrogens is 190 g/mol. The van der Waals surface area contributed by atoms with Crippen LogP contribution in [0.3, 0.4) is 0 Å². The zero-order chi connectivity index (χ0) is 8.32. The summed E-state index contributed by atoms with van der Waals surface area (Å²) in [7, 11) is -0.856. The quantitative estimate of drug-likeness (QED) is 0.643. The number of aliphatic imine (C=N–C) groups is 1. The molecule has 0 aromatic carbocycles. The molecule has 1 aliphatic heterocycles. The Labute approximate surface area is 78.4 Å². The highest BCUT2D eigenvalue weighted by Crippen LogP contribution is 2.24. The van der Waals surface area contributed by atoms with Crippen molar-refractivity contribution < 1.29 is 0 Å². The molecule has 0 atom stereocenters. The van der Waals surface area contributed by atoms with Gasteiger partial charge in [-0.1, -0.05) is 31.4 Å². The third kappa shape index (κ3) is 4.23. The van der Waals surface area contributed by atoms with Crippen LogP contribution in [-0.2, 0) is 0 Å². The maximum absolute atomic E-state index is 4.40. The Morgan fingerprint density at radius 2 is 2.27 bits per heavy atom. The third-order valence-corrected chi connectivity index (χ3v) is 7.07. The summed E-state index contributed by atoms with van der Waals surface area (Å²) in [6.07, 6.45) is 0. The molecule has 0 saturated carbocycles. The van der Waals surface area contributed by atoms with Crippen LogP contribution in [0.5, 0.6) is 0 Å². The van der Waals surface area contributed by atoms with E-state index >= 15 is 0 Å². The zero-order valence-electron chi connectivity index (χ0n) is 7.39. The number of hydrogen-bond donors (Lipinski definition) is 0. The second kappa shape index (κ2) is 4.01. The summed E-state index contributed by atoms with van der Waals surface area (Å²) < 4.78 is 1.33. The molecule has 64 valence electrons. The fraction of sp³-hybridized carbons (Fsp3) is 0.857. The first-order chi connectivity index (χ1) is 5.08. The third-order valence-electron chi connectivity index (χ3n) is 1.19. The Morgan fingerprint density at radius 3 is 2.73 bits per heavy atom. The summed E-state index contributed by atoms with van der Waals surface area (Å²) in [6, 6.07) is 0. The van der Waals surface area contributed by atoms with Crippen molar-refractivity contribution in [1.82, 2.24) is 0 Å². The Hall–Kier alpha value is 0.587. The summed E-state index contributed by atoms with van der Waals surface area (Å²) >= 11 is 3.88. The minimum atomic E-state index is -0.856. The summed E-state index contributed by atoms with van der Waals surface area (Å²) in [6.45, 7) is 8.25. The average Bonchev–Trinajstić information content (AvgIpc) is 2.32. The molecule has 0 radical (unpaired) electrons. The van der Waals surface area contributed by atoms with E-state index < -0.39 is 8.07 Å². The molecule has 0 bridgehead atoms. The van der Waals surface area contributed by atoms with Gasteiger partial charge in [-0.3, -0.25) is 4.99 Å². The predicted molar refractivity (Wildman–Crippen MR) is 60.6 cm³/mol. The van der Waals surface area contributed by atoms with E-state index in [2.05, 4.69) is 24.6 Å². The van der Waals surface area contributed by atoms with Crippen LogP contribution >= 0.6 is 23.5 Å². The molecule has 1 nitrogen and oxygen atoms in total. The predicted octanol–water partition coefficient (Wildman–Crippen LogP) is 2.70. The zero-order valence-corrected chi connectivity index (χ0v) is 10.0. The van der Waals surface area contributed by atoms with Crippen molar-refractivity contribution in [3.63, 3.8) is 0 Å². The van der Waals surface area contributed by atoms with Crippen molar-refractivity contribution in [1.29, 1.82) is 0 Å². The molecule has 0 aromatic heterocycles. The van der Waals surface area contributed by atoms with Gasteiger partial charge in [0.15, 0.2) is 0 Å². The maximum Gasteiger partial charge on any atom is 0.124 e. The van der Waals surface area contributed by atoms with Gasteiger partial charge in [-0.25, -0.2) is 0 Å². The lowest BCUT2D eigenvalue weighted by molar-refractivity contribution is 1.18. The van der Waals surface area contributed by atoms with Crippen LogP contribution in [0.25, 0.3) is 0 Å². The molecule has 1 aliphatic rings. The standard InChI is InChI=1S/C7H15NS2Si/c1-11(2,3)6-10-7-8-4-5-9-7/h4-6H2,1-3H3. The Balaban J connectivity index is 2.22. The smallest absolute Gasteiger partial charge is 0.124 e. The van der Waals surface area contributed by atoms with E-state index in [1.807, 2.05) is 23.5 Å². The van der Waals surface area contributed by atoms with Crippen LogP contribution in [0.4, 0.5) is 0 Å². The first-order valence-corrected chi connectivity index (χ1v) is 9.56. The summed E-state index contributed by atoms with van der Waals surface area (Å²) in [5.41, 5.74) is 0. The van der Waals surface area contributed by atoms with Gasteiger partial charge in [0.25, 0.3) is 0 Å². The molecular formula is C7H15NS2Si. The molecule has 0 fully saturated rings. The van der Waals surface area contributed by atoms with Crippen LogP contribution in [0.1, 0.15) is 0 Å². The van der Waals surface area contributed by atoms with Gasteiger partial charge in [0, 0.05) is 5.75 Å². The van der Waals surface area contributed by atoms with Gasteiger partial charge in [-0.15, -0.1) is 11.8 Å². The molecule has 1 heterocycles. The van der Waals surface area contributed by atoms with Crippen molar-refractivity contribution >= 4 is 36.0 Å². The van der Waals surface area contributed by atoms with Crippen LogP contribution in [0.15, 0.2) is 4.99 Å². The van der Waals surface area contributed by atoms with E-state index in [-0.39, 0.29) is 0 Å². The van der Waals surface area contributed by atoms with Crippen molar-refractivity contribution in [2.24, 2.45) is 4.99 Å². The molecule has 0 unspecified atom stereocenters. The fourth-order valence-corrected chi connectivity index (χ4v) is 4.74. The normalized spacial score (nSPS) is 18.6.